The number of thiophene rings is 1. The lowest BCUT2D eigenvalue weighted by molar-refractivity contribution is 0.112. The minimum absolute atomic E-state index is 0.0723. The number of hydrogen-bond acceptors (Lipinski definition) is 3. The van der Waals surface area contributed by atoms with Crippen molar-refractivity contribution < 1.29 is 4.79 Å². The van der Waals surface area contributed by atoms with E-state index in [1.807, 2.05) is 23.9 Å². The lowest BCUT2D eigenvalue weighted by atomic mass is 9.97. The van der Waals surface area contributed by atoms with Crippen molar-refractivity contribution in [2.24, 2.45) is 0 Å². The standard InChI is InChI=1S/C17H16OS2/c1-11-4-6-15(19-11)14-9-17(2,3)20-16-7-5-12(10-18)8-13(14)16/h4-10H,1-3H3. The van der Waals surface area contributed by atoms with E-state index in [1.165, 1.54) is 25.8 Å². The Morgan fingerprint density at radius 3 is 2.60 bits per heavy atom. The van der Waals surface area contributed by atoms with Crippen LogP contribution < -0.4 is 0 Å². The van der Waals surface area contributed by atoms with Crippen LogP contribution in [0.5, 0.6) is 0 Å². The van der Waals surface area contributed by atoms with Gasteiger partial charge in [0.25, 0.3) is 0 Å². The summed E-state index contributed by atoms with van der Waals surface area (Å²) < 4.78 is 0.0723. The summed E-state index contributed by atoms with van der Waals surface area (Å²) in [6, 6.07) is 10.3. The molecule has 0 aliphatic carbocycles. The largest absolute Gasteiger partial charge is 0.298 e. The van der Waals surface area contributed by atoms with E-state index in [-0.39, 0.29) is 4.75 Å². The Bertz CT molecular complexity index is 708. The van der Waals surface area contributed by atoms with Crippen LogP contribution in [-0.4, -0.2) is 11.0 Å². The summed E-state index contributed by atoms with van der Waals surface area (Å²) in [4.78, 5) is 14.9. The predicted octanol–water partition coefficient (Wildman–Crippen LogP) is 5.19. The minimum Gasteiger partial charge on any atom is -0.298 e. The molecule has 0 bridgehead atoms. The summed E-state index contributed by atoms with van der Waals surface area (Å²) >= 11 is 3.66. The van der Waals surface area contributed by atoms with Crippen LogP contribution in [0.15, 0.2) is 41.3 Å². The van der Waals surface area contributed by atoms with Crippen LogP contribution >= 0.6 is 23.1 Å². The second-order valence-corrected chi connectivity index (χ2v) is 8.53. The first-order valence-corrected chi connectivity index (χ1v) is 8.20. The smallest absolute Gasteiger partial charge is 0.150 e. The highest BCUT2D eigenvalue weighted by Gasteiger charge is 2.27. The average Bonchev–Trinajstić information content (AvgIpc) is 2.83. The van der Waals surface area contributed by atoms with E-state index in [9.17, 15) is 4.79 Å². The molecule has 3 rings (SSSR count). The topological polar surface area (TPSA) is 17.1 Å². The molecule has 20 heavy (non-hydrogen) atoms. The number of thioether (sulfide) groups is 1. The first-order chi connectivity index (χ1) is 9.48. The van der Waals surface area contributed by atoms with Gasteiger partial charge in [-0.05, 0) is 56.2 Å². The van der Waals surface area contributed by atoms with Gasteiger partial charge in [0.05, 0.1) is 0 Å². The third-order valence-corrected chi connectivity index (χ3v) is 5.55. The minimum atomic E-state index is 0.0723. The zero-order valence-corrected chi connectivity index (χ0v) is 13.4. The summed E-state index contributed by atoms with van der Waals surface area (Å²) in [6.45, 7) is 6.59. The Kier molecular flexibility index (Phi) is 3.35. The molecule has 0 N–H and O–H groups in total. The Morgan fingerprint density at radius 2 is 1.95 bits per heavy atom. The molecule has 0 saturated heterocycles. The zero-order valence-electron chi connectivity index (χ0n) is 11.8. The SMILES string of the molecule is Cc1ccc(C2=CC(C)(C)Sc3ccc(C=O)cc32)s1. The number of hydrogen-bond donors (Lipinski definition) is 0. The second kappa shape index (κ2) is 4.90. The highest BCUT2D eigenvalue weighted by atomic mass is 32.2. The second-order valence-electron chi connectivity index (χ2n) is 5.55. The van der Waals surface area contributed by atoms with Crippen molar-refractivity contribution in [3.05, 3.63) is 57.3 Å². The van der Waals surface area contributed by atoms with E-state index in [2.05, 4.69) is 45.0 Å². The molecule has 2 aromatic rings. The van der Waals surface area contributed by atoms with Crippen molar-refractivity contribution in [1.29, 1.82) is 0 Å². The molecule has 1 nitrogen and oxygen atoms in total. The number of aldehydes is 1. The molecule has 0 amide bonds. The summed E-state index contributed by atoms with van der Waals surface area (Å²) in [5.74, 6) is 0. The zero-order chi connectivity index (χ0) is 14.3. The van der Waals surface area contributed by atoms with E-state index in [1.54, 1.807) is 11.3 Å². The molecular formula is C17H16OS2. The predicted molar refractivity (Wildman–Crippen MR) is 87.9 cm³/mol. The molecule has 3 heteroatoms. The lowest BCUT2D eigenvalue weighted by Gasteiger charge is -2.29. The van der Waals surface area contributed by atoms with Gasteiger partial charge in [0.15, 0.2) is 0 Å². The van der Waals surface area contributed by atoms with Crippen LogP contribution in [-0.2, 0) is 0 Å². The summed E-state index contributed by atoms with van der Waals surface area (Å²) in [6.07, 6.45) is 3.24. The Hall–Kier alpha value is -1.32. The quantitative estimate of drug-likeness (QED) is 0.710. The molecular weight excluding hydrogens is 284 g/mol. The molecule has 102 valence electrons. The molecule has 1 aliphatic rings. The normalized spacial score (nSPS) is 16.4. The van der Waals surface area contributed by atoms with E-state index in [0.29, 0.717) is 0 Å². The number of rotatable bonds is 2. The number of carbonyl (C=O) groups excluding carboxylic acids is 1. The summed E-state index contributed by atoms with van der Waals surface area (Å²) in [5, 5.41) is 0. The van der Waals surface area contributed by atoms with Gasteiger partial charge in [0, 0.05) is 25.0 Å². The van der Waals surface area contributed by atoms with Gasteiger partial charge < -0.3 is 0 Å². The van der Waals surface area contributed by atoms with Gasteiger partial charge in [-0.15, -0.1) is 23.1 Å². The van der Waals surface area contributed by atoms with Crippen LogP contribution in [0.4, 0.5) is 0 Å². The molecule has 2 heterocycles. The Labute approximate surface area is 127 Å². The highest BCUT2D eigenvalue weighted by molar-refractivity contribution is 8.01. The molecule has 0 saturated carbocycles. The fourth-order valence-corrected chi connectivity index (χ4v) is 4.50. The van der Waals surface area contributed by atoms with E-state index < -0.39 is 0 Å². The molecule has 0 atom stereocenters. The maximum absolute atomic E-state index is 11.0. The average molecular weight is 300 g/mol. The molecule has 0 unspecified atom stereocenters. The van der Waals surface area contributed by atoms with Crippen LogP contribution in [0.2, 0.25) is 0 Å². The summed E-state index contributed by atoms with van der Waals surface area (Å²) in [5.41, 5.74) is 3.18. The van der Waals surface area contributed by atoms with Crippen molar-refractivity contribution in [3.8, 4) is 0 Å². The maximum atomic E-state index is 11.0. The van der Waals surface area contributed by atoms with Gasteiger partial charge in [-0.3, -0.25) is 4.79 Å². The molecule has 1 aromatic carbocycles. The van der Waals surface area contributed by atoms with Crippen LogP contribution in [0.3, 0.4) is 0 Å². The number of aryl methyl sites for hydroxylation is 1. The van der Waals surface area contributed by atoms with Crippen molar-refractivity contribution in [3.63, 3.8) is 0 Å². The van der Waals surface area contributed by atoms with Crippen LogP contribution in [0, 0.1) is 6.92 Å². The van der Waals surface area contributed by atoms with Gasteiger partial charge in [-0.25, -0.2) is 0 Å². The lowest BCUT2D eigenvalue weighted by Crippen LogP contribution is -2.16. The van der Waals surface area contributed by atoms with Crippen LogP contribution in [0.1, 0.15) is 39.5 Å². The van der Waals surface area contributed by atoms with Gasteiger partial charge in [-0.2, -0.15) is 0 Å². The molecule has 0 spiro atoms. The van der Waals surface area contributed by atoms with Gasteiger partial charge >= 0.3 is 0 Å². The highest BCUT2D eigenvalue weighted by Crippen LogP contribution is 2.47. The monoisotopic (exact) mass is 300 g/mol. The van der Waals surface area contributed by atoms with Crippen molar-refractivity contribution >= 4 is 35.0 Å². The molecule has 1 aliphatic heterocycles. The molecule has 0 radical (unpaired) electrons. The number of benzene rings is 1. The van der Waals surface area contributed by atoms with Crippen molar-refractivity contribution in [2.45, 2.75) is 30.4 Å². The van der Waals surface area contributed by atoms with Gasteiger partial charge in [0.2, 0.25) is 0 Å². The van der Waals surface area contributed by atoms with E-state index in [0.717, 1.165) is 11.8 Å². The molecule has 0 fully saturated rings. The number of carbonyl (C=O) groups is 1. The van der Waals surface area contributed by atoms with E-state index >= 15 is 0 Å². The fraction of sp³-hybridized carbons (Fsp3) is 0.235. The van der Waals surface area contributed by atoms with Crippen molar-refractivity contribution in [1.82, 2.24) is 0 Å². The van der Waals surface area contributed by atoms with Gasteiger partial charge in [-0.1, -0.05) is 12.1 Å². The van der Waals surface area contributed by atoms with Crippen LogP contribution in [0.25, 0.3) is 5.57 Å². The first kappa shape index (κ1) is 13.7. The van der Waals surface area contributed by atoms with E-state index in [4.69, 9.17) is 0 Å². The third-order valence-electron chi connectivity index (χ3n) is 3.30. The van der Waals surface area contributed by atoms with Crippen molar-refractivity contribution in [2.75, 3.05) is 0 Å². The van der Waals surface area contributed by atoms with Gasteiger partial charge in [0.1, 0.15) is 6.29 Å². The first-order valence-electron chi connectivity index (χ1n) is 6.57. The molecule has 1 aromatic heterocycles. The Balaban J connectivity index is 2.21. The number of fused-ring (bicyclic) bond motifs is 1. The maximum Gasteiger partial charge on any atom is 0.150 e. The fourth-order valence-electron chi connectivity index (χ4n) is 2.44. The Morgan fingerprint density at radius 1 is 1.15 bits per heavy atom. The third kappa shape index (κ3) is 2.48. The summed E-state index contributed by atoms with van der Waals surface area (Å²) in [7, 11) is 0.